The summed E-state index contributed by atoms with van der Waals surface area (Å²) in [5, 5.41) is 0. The Morgan fingerprint density at radius 2 is 1.20 bits per heavy atom. The molecule has 288 valence electrons. The summed E-state index contributed by atoms with van der Waals surface area (Å²) in [7, 11) is 0. The topological polar surface area (TPSA) is 30.9 Å². The summed E-state index contributed by atoms with van der Waals surface area (Å²) in [4.78, 5) is 2.36. The van der Waals surface area contributed by atoms with Gasteiger partial charge < -0.3 is 19.1 Å². The summed E-state index contributed by atoms with van der Waals surface area (Å²) >= 11 is 0. The first-order valence-electron chi connectivity index (χ1n) is 20.3. The Morgan fingerprint density at radius 1 is 0.593 bits per heavy atom. The molecule has 0 bridgehead atoms. The highest BCUT2D eigenvalue weighted by Gasteiger charge is 2.48. The van der Waals surface area contributed by atoms with Crippen LogP contribution in [-0.4, -0.2) is 12.2 Å². The number of hydrogen-bond acceptors (Lipinski definition) is 4. The molecule has 4 nitrogen and oxygen atoms in total. The number of fused-ring (bicyclic) bond motifs is 6. The molecule has 2 aliphatic heterocycles. The summed E-state index contributed by atoms with van der Waals surface area (Å²) in [6.45, 7) is 13.4. The van der Waals surface area contributed by atoms with Crippen molar-refractivity contribution < 1.29 is 14.2 Å². The number of rotatable bonds is 5. The smallest absolute Gasteiger partial charge is 0.165 e. The van der Waals surface area contributed by atoms with Gasteiger partial charge in [0, 0.05) is 22.5 Å². The highest BCUT2D eigenvalue weighted by Crippen LogP contribution is 2.57. The van der Waals surface area contributed by atoms with E-state index in [1.807, 2.05) is 36.4 Å². The van der Waals surface area contributed by atoms with Crippen molar-refractivity contribution >= 4 is 28.7 Å². The van der Waals surface area contributed by atoms with Crippen molar-refractivity contribution in [2.24, 2.45) is 0 Å². The first-order chi connectivity index (χ1) is 28.8. The third-order valence-electron chi connectivity index (χ3n) is 12.4. The lowest BCUT2D eigenvalue weighted by atomic mass is 9.61. The fourth-order valence-electron chi connectivity index (χ4n) is 9.20. The van der Waals surface area contributed by atoms with E-state index >= 15 is 0 Å². The molecule has 0 radical (unpaired) electrons. The second kappa shape index (κ2) is 14.4. The van der Waals surface area contributed by atoms with Gasteiger partial charge >= 0.3 is 0 Å². The number of ether oxygens (including phenoxy) is 3. The molecule has 2 aliphatic carbocycles. The molecular formula is C55H45NO3. The molecule has 0 aromatic heterocycles. The Labute approximate surface area is 347 Å². The largest absolute Gasteiger partial charge is 0.478 e. The second-order valence-electron chi connectivity index (χ2n) is 15.9. The van der Waals surface area contributed by atoms with Crippen molar-refractivity contribution in [2.45, 2.75) is 45.3 Å². The van der Waals surface area contributed by atoms with E-state index in [1.54, 1.807) is 6.26 Å². The lowest BCUT2D eigenvalue weighted by molar-refractivity contribution is 0.0693. The molecule has 6 aromatic rings. The van der Waals surface area contributed by atoms with Crippen LogP contribution in [0, 0.1) is 27.7 Å². The Morgan fingerprint density at radius 3 is 1.83 bits per heavy atom. The predicted molar refractivity (Wildman–Crippen MR) is 241 cm³/mol. The lowest BCUT2D eigenvalue weighted by Gasteiger charge is -2.43. The first kappa shape index (κ1) is 36.3. The molecular weight excluding hydrogens is 723 g/mol. The van der Waals surface area contributed by atoms with E-state index in [1.165, 1.54) is 22.3 Å². The number of benzene rings is 6. The van der Waals surface area contributed by atoms with Crippen molar-refractivity contribution in [1.82, 2.24) is 0 Å². The highest BCUT2D eigenvalue weighted by molar-refractivity contribution is 5.94. The van der Waals surface area contributed by atoms with Gasteiger partial charge in [-0.3, -0.25) is 0 Å². The molecule has 0 amide bonds. The number of aryl methyl sites for hydroxylation is 4. The number of anilines is 3. The average Bonchev–Trinajstić information content (AvgIpc) is 3.40. The van der Waals surface area contributed by atoms with Crippen LogP contribution in [0.15, 0.2) is 188 Å². The maximum Gasteiger partial charge on any atom is 0.165 e. The van der Waals surface area contributed by atoms with E-state index in [0.29, 0.717) is 0 Å². The van der Waals surface area contributed by atoms with Crippen molar-refractivity contribution in [2.75, 3.05) is 4.90 Å². The van der Waals surface area contributed by atoms with E-state index in [0.717, 1.165) is 78.8 Å². The van der Waals surface area contributed by atoms with Crippen LogP contribution in [0.3, 0.4) is 0 Å². The summed E-state index contributed by atoms with van der Waals surface area (Å²) < 4.78 is 20.5. The zero-order chi connectivity index (χ0) is 40.3. The van der Waals surface area contributed by atoms with E-state index in [-0.39, 0.29) is 6.10 Å². The van der Waals surface area contributed by atoms with Crippen molar-refractivity contribution in [1.29, 1.82) is 0 Å². The summed E-state index contributed by atoms with van der Waals surface area (Å²) in [6, 6.07) is 45.5. The van der Waals surface area contributed by atoms with Gasteiger partial charge in [0.05, 0.1) is 17.4 Å². The number of allylic oxidation sites excluding steroid dienone is 6. The molecule has 4 aliphatic rings. The minimum absolute atomic E-state index is 0.314. The van der Waals surface area contributed by atoms with E-state index in [9.17, 15) is 0 Å². The fourth-order valence-corrected chi connectivity index (χ4v) is 9.20. The third-order valence-corrected chi connectivity index (χ3v) is 12.4. The van der Waals surface area contributed by atoms with Crippen LogP contribution in [0.4, 0.5) is 17.1 Å². The molecule has 59 heavy (non-hydrogen) atoms. The van der Waals surface area contributed by atoms with E-state index in [2.05, 4.69) is 166 Å². The van der Waals surface area contributed by atoms with E-state index in [4.69, 9.17) is 20.8 Å². The molecule has 0 fully saturated rings. The maximum atomic E-state index is 6.96. The summed E-state index contributed by atoms with van der Waals surface area (Å²) in [5.74, 6) is 2.21. The standard InChI is InChI=1S/C55H45NO3/c1-35-23-25-42(32-38(35)4)56(43-26-24-36(2)39(5)33-43)48-34-47-44(52-37(3)16-14-15-31-57-54(48)52)27-28-45-46(29-30-51-53(45)59-50-22-13-12-21-49(50)58-51)55(47,40-17-8-6-9-18-40)41-19-10-7-11-20-41/h6-34,51,53H,3H2,1-2,4-5H3/b16-14-,31-15-. The Bertz CT molecular complexity index is 2730. The summed E-state index contributed by atoms with van der Waals surface area (Å²) in [6.07, 6.45) is 16.0. The minimum Gasteiger partial charge on any atom is -0.478 e. The zero-order valence-electron chi connectivity index (χ0n) is 33.8. The Kier molecular flexibility index (Phi) is 8.87. The molecule has 0 saturated carbocycles. The molecule has 4 heteroatoms. The van der Waals surface area contributed by atoms with Crippen LogP contribution in [0.25, 0.3) is 11.6 Å². The predicted octanol–water partition coefficient (Wildman–Crippen LogP) is 13.3. The van der Waals surface area contributed by atoms with Crippen molar-refractivity contribution in [3.05, 3.63) is 238 Å². The maximum absolute atomic E-state index is 6.96. The monoisotopic (exact) mass is 767 g/mol. The number of nitrogens with zero attached hydrogens (tertiary/aromatic N) is 1. The van der Waals surface area contributed by atoms with Crippen molar-refractivity contribution in [3.8, 4) is 17.2 Å². The van der Waals surface area contributed by atoms with Gasteiger partial charge in [-0.15, -0.1) is 0 Å². The van der Waals surface area contributed by atoms with Crippen LogP contribution in [0.1, 0.15) is 50.1 Å². The second-order valence-corrected chi connectivity index (χ2v) is 15.9. The third kappa shape index (κ3) is 5.89. The SMILES string of the molecule is C=C1/C=C\C=C/Oc2c(N(c3ccc(C)c(C)c3)c3ccc(C)c(C)c3)cc3c(c21)C=CC1=C(C=CC2Oc4ccccc4OC12)C3(c1ccccc1)c1ccccc1. The van der Waals surface area contributed by atoms with E-state index < -0.39 is 11.5 Å². The highest BCUT2D eigenvalue weighted by atomic mass is 16.6. The minimum atomic E-state index is -0.831. The number of para-hydroxylation sites is 2. The lowest BCUT2D eigenvalue weighted by Crippen LogP contribution is -2.44. The van der Waals surface area contributed by atoms with Gasteiger partial charge in [-0.05, 0) is 138 Å². The molecule has 2 heterocycles. The van der Waals surface area contributed by atoms with Gasteiger partial charge in [-0.2, -0.15) is 0 Å². The van der Waals surface area contributed by atoms with Crippen molar-refractivity contribution in [3.63, 3.8) is 0 Å². The molecule has 0 N–H and O–H groups in total. The summed E-state index contributed by atoms with van der Waals surface area (Å²) in [5.41, 5.74) is 15.4. The van der Waals surface area contributed by atoms with Crippen LogP contribution in [0.2, 0.25) is 0 Å². The fraction of sp³-hybridized carbons (Fsp3) is 0.127. The van der Waals surface area contributed by atoms with Gasteiger partial charge in [-0.25, -0.2) is 0 Å². The Hall–Kier alpha value is -7.04. The zero-order valence-corrected chi connectivity index (χ0v) is 33.8. The first-order valence-corrected chi connectivity index (χ1v) is 20.3. The molecule has 0 saturated heterocycles. The molecule has 2 atom stereocenters. The van der Waals surface area contributed by atoms with Gasteiger partial charge in [0.25, 0.3) is 0 Å². The van der Waals surface area contributed by atoms with Gasteiger partial charge in [0.15, 0.2) is 29.5 Å². The molecule has 2 unspecified atom stereocenters. The van der Waals surface area contributed by atoms with Gasteiger partial charge in [0.2, 0.25) is 0 Å². The molecule has 6 aromatic carbocycles. The number of hydrogen-bond donors (Lipinski definition) is 0. The normalized spacial score (nSPS) is 19.2. The molecule has 10 rings (SSSR count). The van der Waals surface area contributed by atoms with Crippen LogP contribution in [-0.2, 0) is 5.41 Å². The average molecular weight is 768 g/mol. The van der Waals surface area contributed by atoms with Gasteiger partial charge in [0.1, 0.15) is 0 Å². The van der Waals surface area contributed by atoms with Crippen LogP contribution >= 0.6 is 0 Å². The van der Waals surface area contributed by atoms with Crippen LogP contribution < -0.4 is 19.1 Å². The molecule has 0 spiro atoms. The Balaban J connectivity index is 1.36. The quantitative estimate of drug-likeness (QED) is 0.175. The van der Waals surface area contributed by atoms with Gasteiger partial charge in [-0.1, -0.05) is 122 Å². The van der Waals surface area contributed by atoms with Crippen LogP contribution in [0.5, 0.6) is 17.2 Å².